The molecular formula is C47H72N12O9S. The molecule has 0 aliphatic carbocycles. The molecule has 0 fully saturated rings. The Kier molecular flexibility index (Phi) is 23.4. The molecule has 2 heterocycles. The van der Waals surface area contributed by atoms with Crippen molar-refractivity contribution in [2.45, 2.75) is 142 Å². The summed E-state index contributed by atoms with van der Waals surface area (Å²) in [6.07, 6.45) is 7.18. The van der Waals surface area contributed by atoms with E-state index in [-0.39, 0.29) is 49.8 Å². The second-order valence-electron chi connectivity index (χ2n) is 18.2. The molecule has 0 radical (unpaired) electrons. The maximum absolute atomic E-state index is 14.0. The number of thioether (sulfide) groups is 1. The van der Waals surface area contributed by atoms with Gasteiger partial charge in [0.1, 0.15) is 30.2 Å². The molecule has 69 heavy (non-hydrogen) atoms. The standard InChI is InChI=1S/C47H72N12O9S/c1-25(2)18-36(45(66)56-33(29(8)60)16-17-69-9)57-46(67)38(20-31-22-49-24-52-31)55-40(62)23-51-47(68)41(26(3)4)59-42(63)28(7)54-44(65)37(19-30-21-50-34-13-11-10-12-32(30)34)58-43(64)35(53-27(5)6)14-15-39(48)61/h10-13,21-22,24-28,33,35-38,41,50,53H,14-20,23H2,1-9H3,(H2,48,61)(H,49,52)(H,51,68)(H,54,65)(H,55,62)(H,56,66)(H,57,67)(H,58,64)(H,59,63)/t28-,33-,35-,36-,37-,38-,41-/m0/s1. The third-order valence-electron chi connectivity index (χ3n) is 11.1. The number of ketones is 1. The summed E-state index contributed by atoms with van der Waals surface area (Å²) >= 11 is 1.53. The number of carbonyl (C=O) groups is 9. The van der Waals surface area contributed by atoms with Crippen molar-refractivity contribution in [2.24, 2.45) is 17.6 Å². The quantitative estimate of drug-likeness (QED) is 0.0433. The van der Waals surface area contributed by atoms with E-state index in [0.29, 0.717) is 17.9 Å². The van der Waals surface area contributed by atoms with Crippen LogP contribution < -0.4 is 48.3 Å². The van der Waals surface area contributed by atoms with Crippen LogP contribution in [0.5, 0.6) is 0 Å². The highest BCUT2D eigenvalue weighted by Gasteiger charge is 2.33. The number of rotatable bonds is 30. The number of aromatic amines is 2. The average molecular weight is 981 g/mol. The number of carbonyl (C=O) groups excluding carboxylic acids is 9. The number of nitrogens with two attached hydrogens (primary N) is 1. The maximum atomic E-state index is 14.0. The van der Waals surface area contributed by atoms with E-state index < -0.39 is 102 Å². The summed E-state index contributed by atoms with van der Waals surface area (Å²) in [7, 11) is 0. The van der Waals surface area contributed by atoms with Crippen molar-refractivity contribution in [3.8, 4) is 0 Å². The third-order valence-corrected chi connectivity index (χ3v) is 11.7. The highest BCUT2D eigenvalue weighted by Crippen LogP contribution is 2.20. The molecule has 22 heteroatoms. The van der Waals surface area contributed by atoms with Crippen molar-refractivity contribution in [1.82, 2.24) is 57.5 Å². The topological polar surface area (TPSA) is 320 Å². The summed E-state index contributed by atoms with van der Waals surface area (Å²) in [5, 5.41) is 22.7. The van der Waals surface area contributed by atoms with E-state index in [1.807, 2.05) is 58.2 Å². The fourth-order valence-electron chi connectivity index (χ4n) is 7.38. The molecule has 12 N–H and O–H groups in total. The van der Waals surface area contributed by atoms with Gasteiger partial charge in [0, 0.05) is 54.3 Å². The average Bonchev–Trinajstić information content (AvgIpc) is 3.96. The Bertz CT molecular complexity index is 2210. The number of benzene rings is 1. The lowest BCUT2D eigenvalue weighted by Crippen LogP contribution is -2.59. The van der Waals surface area contributed by atoms with Gasteiger partial charge in [0.25, 0.3) is 0 Å². The number of imidazole rings is 1. The molecule has 2 aromatic heterocycles. The van der Waals surface area contributed by atoms with Gasteiger partial charge in [0.05, 0.1) is 25.0 Å². The number of hydrogen-bond donors (Lipinski definition) is 11. The zero-order chi connectivity index (χ0) is 51.4. The smallest absolute Gasteiger partial charge is 0.243 e. The molecule has 0 bridgehead atoms. The van der Waals surface area contributed by atoms with Crippen molar-refractivity contribution in [1.29, 1.82) is 0 Å². The van der Waals surface area contributed by atoms with E-state index in [1.54, 1.807) is 20.0 Å². The highest BCUT2D eigenvalue weighted by molar-refractivity contribution is 7.98. The van der Waals surface area contributed by atoms with E-state index in [1.165, 1.54) is 38.1 Å². The second-order valence-corrected chi connectivity index (χ2v) is 19.2. The first-order chi connectivity index (χ1) is 32.6. The number of H-pyrrole nitrogens is 2. The van der Waals surface area contributed by atoms with E-state index in [2.05, 4.69) is 57.5 Å². The molecular weight excluding hydrogens is 909 g/mol. The van der Waals surface area contributed by atoms with Crippen LogP contribution in [0.15, 0.2) is 43.0 Å². The van der Waals surface area contributed by atoms with Gasteiger partial charge in [0.2, 0.25) is 47.3 Å². The van der Waals surface area contributed by atoms with Crippen molar-refractivity contribution >= 4 is 75.7 Å². The molecule has 7 atom stereocenters. The summed E-state index contributed by atoms with van der Waals surface area (Å²) < 4.78 is 0. The number of para-hydroxylation sites is 1. The predicted molar refractivity (Wildman–Crippen MR) is 263 cm³/mol. The summed E-state index contributed by atoms with van der Waals surface area (Å²) in [6, 6.07) is -0.103. The molecule has 0 spiro atoms. The van der Waals surface area contributed by atoms with Crippen LogP contribution in [0.25, 0.3) is 10.9 Å². The van der Waals surface area contributed by atoms with Gasteiger partial charge in [-0.2, -0.15) is 11.8 Å². The van der Waals surface area contributed by atoms with E-state index in [9.17, 15) is 43.2 Å². The normalized spacial score (nSPS) is 14.4. The number of fused-ring (bicyclic) bond motifs is 1. The summed E-state index contributed by atoms with van der Waals surface area (Å²) in [6.45, 7) is 13.0. The number of nitrogens with zero attached hydrogens (tertiary/aromatic N) is 1. The van der Waals surface area contributed by atoms with Crippen molar-refractivity contribution in [3.05, 3.63) is 54.2 Å². The van der Waals surface area contributed by atoms with Crippen LogP contribution in [0.2, 0.25) is 0 Å². The molecule has 8 amide bonds. The van der Waals surface area contributed by atoms with Crippen LogP contribution in [0.4, 0.5) is 0 Å². The van der Waals surface area contributed by atoms with E-state index in [4.69, 9.17) is 5.73 Å². The third kappa shape index (κ3) is 19.3. The molecule has 21 nitrogen and oxygen atoms in total. The van der Waals surface area contributed by atoms with Gasteiger partial charge < -0.3 is 58.2 Å². The molecule has 0 unspecified atom stereocenters. The van der Waals surface area contributed by atoms with Crippen molar-refractivity contribution in [2.75, 3.05) is 18.6 Å². The Morgan fingerprint density at radius 3 is 1.93 bits per heavy atom. The molecule has 1 aromatic carbocycles. The van der Waals surface area contributed by atoms with E-state index >= 15 is 0 Å². The maximum Gasteiger partial charge on any atom is 0.243 e. The van der Waals surface area contributed by atoms with E-state index in [0.717, 1.165) is 16.5 Å². The fourth-order valence-corrected chi connectivity index (χ4v) is 7.85. The second kappa shape index (κ2) is 28.3. The van der Waals surface area contributed by atoms with Gasteiger partial charge in [-0.25, -0.2) is 4.98 Å². The Balaban J connectivity index is 1.71. The Morgan fingerprint density at radius 1 is 0.696 bits per heavy atom. The molecule has 0 aliphatic rings. The lowest BCUT2D eigenvalue weighted by Gasteiger charge is -2.27. The number of nitrogens with one attached hydrogen (secondary N) is 10. The first kappa shape index (κ1) is 57.0. The minimum atomic E-state index is -1.22. The Morgan fingerprint density at radius 2 is 1.32 bits per heavy atom. The highest BCUT2D eigenvalue weighted by atomic mass is 32.2. The molecule has 380 valence electrons. The molecule has 3 rings (SSSR count). The molecule has 0 saturated heterocycles. The Hall–Kier alpha value is -6.29. The number of amides is 8. The summed E-state index contributed by atoms with van der Waals surface area (Å²) in [5.74, 6) is -5.34. The molecule has 3 aromatic rings. The van der Waals surface area contributed by atoms with Crippen LogP contribution in [0, 0.1) is 11.8 Å². The lowest BCUT2D eigenvalue weighted by atomic mass is 10.0. The summed E-state index contributed by atoms with van der Waals surface area (Å²) in [4.78, 5) is 129. The van der Waals surface area contributed by atoms with Crippen LogP contribution in [0.3, 0.4) is 0 Å². The van der Waals surface area contributed by atoms with Crippen molar-refractivity contribution in [3.63, 3.8) is 0 Å². The van der Waals surface area contributed by atoms with Crippen molar-refractivity contribution < 1.29 is 43.2 Å². The summed E-state index contributed by atoms with van der Waals surface area (Å²) in [5.41, 5.74) is 7.41. The monoisotopic (exact) mass is 981 g/mol. The largest absolute Gasteiger partial charge is 0.370 e. The van der Waals surface area contributed by atoms with Crippen LogP contribution in [-0.2, 0) is 56.0 Å². The number of Topliss-reactive ketones (excluding diaryl/α,β-unsaturated/α-hetero) is 1. The Labute approximate surface area is 407 Å². The predicted octanol–water partition coefficient (Wildman–Crippen LogP) is 0.397. The van der Waals surface area contributed by atoms with Crippen LogP contribution in [0.1, 0.15) is 92.3 Å². The first-order valence-electron chi connectivity index (χ1n) is 23.2. The van der Waals surface area contributed by atoms with Gasteiger partial charge in [-0.3, -0.25) is 43.2 Å². The minimum Gasteiger partial charge on any atom is -0.370 e. The van der Waals surface area contributed by atoms with Gasteiger partial charge >= 0.3 is 0 Å². The number of hydrogen-bond acceptors (Lipinski definition) is 12. The number of aromatic nitrogens is 3. The van der Waals surface area contributed by atoms with Gasteiger partial charge in [0.15, 0.2) is 5.78 Å². The zero-order valence-electron chi connectivity index (χ0n) is 41.1. The van der Waals surface area contributed by atoms with Crippen LogP contribution >= 0.6 is 11.8 Å². The van der Waals surface area contributed by atoms with Crippen LogP contribution in [-0.4, -0.2) is 135 Å². The molecule has 0 aliphatic heterocycles. The van der Waals surface area contributed by atoms with Gasteiger partial charge in [-0.1, -0.05) is 59.7 Å². The fraction of sp³-hybridized carbons (Fsp3) is 0.574. The first-order valence-corrected chi connectivity index (χ1v) is 24.6. The van der Waals surface area contributed by atoms with Gasteiger partial charge in [-0.05, 0) is 68.6 Å². The zero-order valence-corrected chi connectivity index (χ0v) is 41.9. The van der Waals surface area contributed by atoms with Gasteiger partial charge in [-0.15, -0.1) is 0 Å². The molecule has 0 saturated carbocycles. The SMILES string of the molecule is CSCC[C@H](NC(=O)[C@H](CC(C)C)NC(=O)[C@H](Cc1cnc[nH]1)NC(=O)CNC(=O)[C@@H](NC(=O)[C@H](C)NC(=O)[C@H](Cc1c[nH]c2ccccc12)NC(=O)[C@H](CCC(N)=O)NC(C)C)C(C)C)C(C)=O. The minimum absolute atomic E-state index is 0.0278. The lowest BCUT2D eigenvalue weighted by molar-refractivity contribution is -0.135. The number of primary amides is 1.